The Bertz CT molecular complexity index is 537. The van der Waals surface area contributed by atoms with Gasteiger partial charge in [0.1, 0.15) is 0 Å². The zero-order chi connectivity index (χ0) is 14.5. The summed E-state index contributed by atoms with van der Waals surface area (Å²) >= 11 is 0. The molecule has 1 N–H and O–H groups in total. The summed E-state index contributed by atoms with van der Waals surface area (Å²) < 4.78 is 5.33. The number of amides is 1. The van der Waals surface area contributed by atoms with Gasteiger partial charge >= 0.3 is 0 Å². The minimum Gasteiger partial charge on any atom is -0.379 e. The molecule has 1 atom stereocenters. The molecule has 3 nitrogen and oxygen atoms in total. The first-order valence-corrected chi connectivity index (χ1v) is 7.32. The second-order valence-corrected chi connectivity index (χ2v) is 5.32. The summed E-state index contributed by atoms with van der Waals surface area (Å²) in [6, 6.07) is 20.0. The number of nitrogens with one attached hydrogen (secondary N) is 1. The molecule has 1 aliphatic rings. The summed E-state index contributed by atoms with van der Waals surface area (Å²) in [5.41, 5.74) is 2.03. The van der Waals surface area contributed by atoms with E-state index in [1.54, 1.807) is 0 Å². The second kappa shape index (κ2) is 6.55. The third-order valence-electron chi connectivity index (χ3n) is 3.80. The van der Waals surface area contributed by atoms with E-state index < -0.39 is 0 Å². The Kier molecular flexibility index (Phi) is 4.31. The number of hydrogen-bond donors (Lipinski definition) is 1. The smallest absolute Gasteiger partial charge is 0.232 e. The lowest BCUT2D eigenvalue weighted by Crippen LogP contribution is -2.38. The highest BCUT2D eigenvalue weighted by Crippen LogP contribution is 2.25. The molecule has 2 aromatic rings. The molecule has 3 heteroatoms. The first kappa shape index (κ1) is 13.8. The van der Waals surface area contributed by atoms with E-state index in [2.05, 4.69) is 5.32 Å². The van der Waals surface area contributed by atoms with Gasteiger partial charge in [0, 0.05) is 6.61 Å². The first-order chi connectivity index (χ1) is 10.3. The third-order valence-corrected chi connectivity index (χ3v) is 3.80. The zero-order valence-corrected chi connectivity index (χ0v) is 11.9. The molecule has 0 aromatic heterocycles. The lowest BCUT2D eigenvalue weighted by molar-refractivity contribution is -0.122. The fourth-order valence-corrected chi connectivity index (χ4v) is 2.72. The van der Waals surface area contributed by atoms with Crippen LogP contribution in [-0.2, 0) is 9.53 Å². The van der Waals surface area contributed by atoms with Crippen molar-refractivity contribution in [2.45, 2.75) is 18.4 Å². The van der Waals surface area contributed by atoms with E-state index in [-0.39, 0.29) is 17.9 Å². The van der Waals surface area contributed by atoms with Crippen LogP contribution < -0.4 is 5.32 Å². The normalized spacial score (nSPS) is 17.9. The molecule has 1 heterocycles. The Morgan fingerprint density at radius 3 is 2.05 bits per heavy atom. The molecule has 0 saturated carbocycles. The maximum atomic E-state index is 12.7. The van der Waals surface area contributed by atoms with Crippen LogP contribution in [0, 0.1) is 0 Å². The van der Waals surface area contributed by atoms with E-state index in [0.29, 0.717) is 6.61 Å². The van der Waals surface area contributed by atoms with Crippen LogP contribution >= 0.6 is 0 Å². The van der Waals surface area contributed by atoms with Crippen molar-refractivity contribution < 1.29 is 9.53 Å². The van der Waals surface area contributed by atoms with Crippen LogP contribution in [0.4, 0.5) is 0 Å². The van der Waals surface area contributed by atoms with Gasteiger partial charge in [-0.05, 0) is 17.5 Å². The van der Waals surface area contributed by atoms with E-state index >= 15 is 0 Å². The summed E-state index contributed by atoms with van der Waals surface area (Å²) in [4.78, 5) is 12.7. The van der Waals surface area contributed by atoms with Crippen molar-refractivity contribution in [3.8, 4) is 0 Å². The van der Waals surface area contributed by atoms with E-state index in [1.807, 2.05) is 60.7 Å². The van der Waals surface area contributed by atoms with Crippen molar-refractivity contribution in [2.24, 2.45) is 0 Å². The zero-order valence-electron chi connectivity index (χ0n) is 11.9. The van der Waals surface area contributed by atoms with Crippen molar-refractivity contribution >= 4 is 5.91 Å². The molecule has 1 saturated heterocycles. The summed E-state index contributed by atoms with van der Waals surface area (Å²) in [5, 5.41) is 3.11. The molecular weight excluding hydrogens is 262 g/mol. The predicted molar refractivity (Wildman–Crippen MR) is 82.1 cm³/mol. The number of carbonyl (C=O) groups excluding carboxylic acids is 1. The molecule has 1 fully saturated rings. The summed E-state index contributed by atoms with van der Waals surface area (Å²) in [6.45, 7) is 1.34. The van der Waals surface area contributed by atoms with Crippen molar-refractivity contribution in [3.63, 3.8) is 0 Å². The molecule has 0 spiro atoms. The van der Waals surface area contributed by atoms with Gasteiger partial charge in [-0.15, -0.1) is 0 Å². The monoisotopic (exact) mass is 281 g/mol. The minimum absolute atomic E-state index is 0.0444. The third kappa shape index (κ3) is 3.31. The SMILES string of the molecule is O=C(NC1CCOC1)C(c1ccccc1)c1ccccc1. The van der Waals surface area contributed by atoms with Gasteiger partial charge in [-0.1, -0.05) is 60.7 Å². The van der Waals surface area contributed by atoms with Gasteiger partial charge in [0.05, 0.1) is 18.6 Å². The van der Waals surface area contributed by atoms with Crippen molar-refractivity contribution in [3.05, 3.63) is 71.8 Å². The Balaban J connectivity index is 1.87. The predicted octanol–water partition coefficient (Wildman–Crippen LogP) is 2.72. The van der Waals surface area contributed by atoms with Gasteiger partial charge in [0.2, 0.25) is 5.91 Å². The maximum absolute atomic E-state index is 12.7. The molecule has 1 aliphatic heterocycles. The number of benzene rings is 2. The molecule has 0 radical (unpaired) electrons. The van der Waals surface area contributed by atoms with Gasteiger partial charge in [0.15, 0.2) is 0 Å². The topological polar surface area (TPSA) is 38.3 Å². The average molecular weight is 281 g/mol. The fourth-order valence-electron chi connectivity index (χ4n) is 2.72. The van der Waals surface area contributed by atoms with Crippen LogP contribution in [0.25, 0.3) is 0 Å². The molecular formula is C18H19NO2. The number of hydrogen-bond acceptors (Lipinski definition) is 2. The number of rotatable bonds is 4. The Hall–Kier alpha value is -2.13. The first-order valence-electron chi connectivity index (χ1n) is 7.32. The van der Waals surface area contributed by atoms with Crippen LogP contribution in [0.15, 0.2) is 60.7 Å². The Morgan fingerprint density at radius 1 is 1.00 bits per heavy atom. The summed E-state index contributed by atoms with van der Waals surface area (Å²) in [5.74, 6) is -0.226. The second-order valence-electron chi connectivity index (χ2n) is 5.32. The van der Waals surface area contributed by atoms with Gasteiger partial charge in [-0.2, -0.15) is 0 Å². The average Bonchev–Trinajstić information content (AvgIpc) is 3.02. The highest BCUT2D eigenvalue weighted by molar-refractivity contribution is 5.87. The van der Waals surface area contributed by atoms with Crippen LogP contribution in [0.1, 0.15) is 23.5 Å². The van der Waals surface area contributed by atoms with Crippen LogP contribution in [0.3, 0.4) is 0 Å². The molecule has 1 amide bonds. The van der Waals surface area contributed by atoms with Gasteiger partial charge in [-0.25, -0.2) is 0 Å². The van der Waals surface area contributed by atoms with Crippen molar-refractivity contribution in [1.82, 2.24) is 5.32 Å². The van der Waals surface area contributed by atoms with Crippen LogP contribution in [-0.4, -0.2) is 25.2 Å². The highest BCUT2D eigenvalue weighted by atomic mass is 16.5. The van der Waals surface area contributed by atoms with E-state index in [1.165, 1.54) is 0 Å². The molecule has 3 rings (SSSR count). The quantitative estimate of drug-likeness (QED) is 0.936. The standard InChI is InChI=1S/C18H19NO2/c20-18(19-16-11-12-21-13-16)17(14-7-3-1-4-8-14)15-9-5-2-6-10-15/h1-10,16-17H,11-13H2,(H,19,20). The molecule has 21 heavy (non-hydrogen) atoms. The highest BCUT2D eigenvalue weighted by Gasteiger charge is 2.26. The van der Waals surface area contributed by atoms with Gasteiger partial charge in [0.25, 0.3) is 0 Å². The van der Waals surface area contributed by atoms with Crippen molar-refractivity contribution in [1.29, 1.82) is 0 Å². The lowest BCUT2D eigenvalue weighted by Gasteiger charge is -2.20. The summed E-state index contributed by atoms with van der Waals surface area (Å²) in [6.07, 6.45) is 0.891. The molecule has 108 valence electrons. The molecule has 2 aromatic carbocycles. The van der Waals surface area contributed by atoms with Crippen LogP contribution in [0.5, 0.6) is 0 Å². The molecule has 1 unspecified atom stereocenters. The van der Waals surface area contributed by atoms with Gasteiger partial charge in [-0.3, -0.25) is 4.79 Å². The van der Waals surface area contributed by atoms with Gasteiger partial charge < -0.3 is 10.1 Å². The van der Waals surface area contributed by atoms with E-state index in [4.69, 9.17) is 4.74 Å². The van der Waals surface area contributed by atoms with E-state index in [9.17, 15) is 4.79 Å². The largest absolute Gasteiger partial charge is 0.379 e. The summed E-state index contributed by atoms with van der Waals surface area (Å²) in [7, 11) is 0. The van der Waals surface area contributed by atoms with E-state index in [0.717, 1.165) is 24.2 Å². The molecule has 0 bridgehead atoms. The maximum Gasteiger partial charge on any atom is 0.232 e. The Morgan fingerprint density at radius 2 is 1.57 bits per heavy atom. The fraction of sp³-hybridized carbons (Fsp3) is 0.278. The Labute approximate surface area is 124 Å². The van der Waals surface area contributed by atoms with Crippen LogP contribution in [0.2, 0.25) is 0 Å². The minimum atomic E-state index is -0.270. The van der Waals surface area contributed by atoms with Crippen molar-refractivity contribution in [2.75, 3.05) is 13.2 Å². The lowest BCUT2D eigenvalue weighted by atomic mass is 9.90. The molecule has 0 aliphatic carbocycles. The number of ether oxygens (including phenoxy) is 1. The number of carbonyl (C=O) groups is 1.